The second kappa shape index (κ2) is 7.63. The number of thiazole rings is 1. The lowest BCUT2D eigenvalue weighted by atomic mass is 10.2. The highest BCUT2D eigenvalue weighted by molar-refractivity contribution is 7.99. The van der Waals surface area contributed by atoms with Crippen LogP contribution in [0.25, 0.3) is 10.8 Å². The van der Waals surface area contributed by atoms with Gasteiger partial charge in [-0.25, -0.2) is 4.98 Å². The van der Waals surface area contributed by atoms with E-state index in [0.717, 1.165) is 10.7 Å². The number of aliphatic hydroxyl groups is 1. The van der Waals surface area contributed by atoms with Gasteiger partial charge in [-0.2, -0.15) is 11.8 Å². The van der Waals surface area contributed by atoms with Crippen molar-refractivity contribution in [2.45, 2.75) is 24.6 Å². The smallest absolute Gasteiger partial charge is 0.226 e. The van der Waals surface area contributed by atoms with E-state index in [-0.39, 0.29) is 30.2 Å². The molecule has 1 amide bonds. The van der Waals surface area contributed by atoms with E-state index in [4.69, 9.17) is 4.42 Å². The first-order valence-corrected chi connectivity index (χ1v) is 8.72. The predicted molar refractivity (Wildman–Crippen MR) is 85.5 cm³/mol. The molecule has 2 atom stereocenters. The summed E-state index contributed by atoms with van der Waals surface area (Å²) in [5, 5.41) is 14.7. The van der Waals surface area contributed by atoms with Crippen molar-refractivity contribution in [3.63, 3.8) is 0 Å². The molecule has 2 heterocycles. The van der Waals surface area contributed by atoms with E-state index in [2.05, 4.69) is 10.3 Å². The maximum atomic E-state index is 12.0. The number of thioether (sulfide) groups is 1. The topological polar surface area (TPSA) is 75.4 Å². The lowest BCUT2D eigenvalue weighted by Gasteiger charge is -2.21. The van der Waals surface area contributed by atoms with Gasteiger partial charge in [0.1, 0.15) is 0 Å². The minimum atomic E-state index is -0.0914. The van der Waals surface area contributed by atoms with E-state index in [9.17, 15) is 9.90 Å². The van der Waals surface area contributed by atoms with Gasteiger partial charge in [0.2, 0.25) is 5.91 Å². The molecule has 114 valence electrons. The van der Waals surface area contributed by atoms with Crippen molar-refractivity contribution in [2.24, 2.45) is 0 Å². The number of rotatable bonds is 7. The van der Waals surface area contributed by atoms with Gasteiger partial charge in [0.15, 0.2) is 10.8 Å². The molecule has 0 aliphatic rings. The summed E-state index contributed by atoms with van der Waals surface area (Å²) in [6.45, 7) is 1.94. The molecule has 0 aliphatic heterocycles. The summed E-state index contributed by atoms with van der Waals surface area (Å²) in [4.78, 5) is 16.4. The van der Waals surface area contributed by atoms with Gasteiger partial charge in [0.05, 0.1) is 25.0 Å². The number of hydrogen-bond acceptors (Lipinski definition) is 6. The fourth-order valence-electron chi connectivity index (χ4n) is 1.90. The highest BCUT2D eigenvalue weighted by Crippen LogP contribution is 2.24. The van der Waals surface area contributed by atoms with Gasteiger partial charge in [-0.05, 0) is 25.3 Å². The highest BCUT2D eigenvalue weighted by Gasteiger charge is 2.18. The number of amides is 1. The summed E-state index contributed by atoms with van der Waals surface area (Å²) >= 11 is 2.99. The minimum absolute atomic E-state index is 0.00284. The van der Waals surface area contributed by atoms with Gasteiger partial charge in [0, 0.05) is 16.7 Å². The number of hydrogen-bond donors (Lipinski definition) is 2. The van der Waals surface area contributed by atoms with Crippen molar-refractivity contribution in [1.82, 2.24) is 10.3 Å². The standard InChI is InChI=1S/C14H18N2O3S2/c1-9(12(7-17)20-2)15-13(18)6-10-8-21-14(16-10)11-4-3-5-19-11/h3-5,8-9,12,17H,6-7H2,1-2H3,(H,15,18). The van der Waals surface area contributed by atoms with Crippen molar-refractivity contribution in [3.05, 3.63) is 29.5 Å². The van der Waals surface area contributed by atoms with Crippen molar-refractivity contribution in [1.29, 1.82) is 0 Å². The number of nitrogens with one attached hydrogen (secondary N) is 1. The molecule has 0 saturated carbocycles. The van der Waals surface area contributed by atoms with Crippen molar-refractivity contribution in [3.8, 4) is 10.8 Å². The van der Waals surface area contributed by atoms with E-state index in [1.54, 1.807) is 6.26 Å². The molecule has 2 unspecified atom stereocenters. The first kappa shape index (κ1) is 16.1. The molecule has 0 aromatic carbocycles. The normalized spacial score (nSPS) is 13.9. The van der Waals surface area contributed by atoms with E-state index < -0.39 is 0 Å². The summed E-state index contributed by atoms with van der Waals surface area (Å²) in [6.07, 6.45) is 3.75. The van der Waals surface area contributed by atoms with Crippen LogP contribution in [0, 0.1) is 0 Å². The fraction of sp³-hybridized carbons (Fsp3) is 0.429. The number of aromatic nitrogens is 1. The summed E-state index contributed by atoms with van der Waals surface area (Å²) < 4.78 is 5.28. The molecule has 0 bridgehead atoms. The Balaban J connectivity index is 1.91. The van der Waals surface area contributed by atoms with E-state index in [1.807, 2.05) is 30.7 Å². The van der Waals surface area contributed by atoms with Crippen LogP contribution in [0.2, 0.25) is 0 Å². The predicted octanol–water partition coefficient (Wildman–Crippen LogP) is 2.17. The van der Waals surface area contributed by atoms with Crippen LogP contribution in [0.5, 0.6) is 0 Å². The van der Waals surface area contributed by atoms with Crippen molar-refractivity contribution >= 4 is 29.0 Å². The molecule has 21 heavy (non-hydrogen) atoms. The van der Waals surface area contributed by atoms with Gasteiger partial charge in [-0.15, -0.1) is 11.3 Å². The van der Waals surface area contributed by atoms with Gasteiger partial charge in [0.25, 0.3) is 0 Å². The lowest BCUT2D eigenvalue weighted by Crippen LogP contribution is -2.41. The molecule has 2 N–H and O–H groups in total. The second-order valence-electron chi connectivity index (χ2n) is 4.61. The van der Waals surface area contributed by atoms with E-state index in [0.29, 0.717) is 5.76 Å². The van der Waals surface area contributed by atoms with Gasteiger partial charge >= 0.3 is 0 Å². The minimum Gasteiger partial charge on any atom is -0.462 e. The molecule has 0 aliphatic carbocycles. The molecule has 2 rings (SSSR count). The summed E-state index contributed by atoms with van der Waals surface area (Å²) in [5.74, 6) is 0.619. The summed E-state index contributed by atoms with van der Waals surface area (Å²) in [7, 11) is 0. The molecule has 0 fully saturated rings. The molecule has 0 saturated heterocycles. The average Bonchev–Trinajstić information content (AvgIpc) is 3.10. The molecule has 2 aromatic rings. The highest BCUT2D eigenvalue weighted by atomic mass is 32.2. The lowest BCUT2D eigenvalue weighted by molar-refractivity contribution is -0.121. The van der Waals surface area contributed by atoms with Gasteiger partial charge < -0.3 is 14.8 Å². The van der Waals surface area contributed by atoms with Gasteiger partial charge in [-0.3, -0.25) is 4.79 Å². The van der Waals surface area contributed by atoms with Crippen LogP contribution in [0.1, 0.15) is 12.6 Å². The molecule has 2 aromatic heterocycles. The SMILES string of the molecule is CSC(CO)C(C)NC(=O)Cc1csc(-c2ccco2)n1. The van der Waals surface area contributed by atoms with Crippen molar-refractivity contribution < 1.29 is 14.3 Å². The monoisotopic (exact) mass is 326 g/mol. The van der Waals surface area contributed by atoms with Crippen LogP contribution < -0.4 is 5.32 Å². The zero-order valence-electron chi connectivity index (χ0n) is 11.9. The van der Waals surface area contributed by atoms with Crippen LogP contribution in [0.3, 0.4) is 0 Å². The third-order valence-electron chi connectivity index (χ3n) is 3.05. The van der Waals surface area contributed by atoms with Crippen LogP contribution in [-0.4, -0.2) is 40.2 Å². The maximum absolute atomic E-state index is 12.0. The van der Waals surface area contributed by atoms with Crippen LogP contribution in [0.4, 0.5) is 0 Å². The largest absolute Gasteiger partial charge is 0.462 e. The molecule has 5 nitrogen and oxygen atoms in total. The first-order valence-electron chi connectivity index (χ1n) is 6.55. The van der Waals surface area contributed by atoms with Crippen LogP contribution in [-0.2, 0) is 11.2 Å². The van der Waals surface area contributed by atoms with E-state index in [1.165, 1.54) is 23.1 Å². The first-order chi connectivity index (χ1) is 10.1. The van der Waals surface area contributed by atoms with Gasteiger partial charge in [-0.1, -0.05) is 0 Å². The Morgan fingerprint density at radius 1 is 1.62 bits per heavy atom. The zero-order valence-corrected chi connectivity index (χ0v) is 13.5. The Morgan fingerprint density at radius 3 is 3.05 bits per heavy atom. The maximum Gasteiger partial charge on any atom is 0.226 e. The fourth-order valence-corrected chi connectivity index (χ4v) is 3.31. The Morgan fingerprint density at radius 2 is 2.43 bits per heavy atom. The Kier molecular flexibility index (Phi) is 5.84. The van der Waals surface area contributed by atoms with Crippen molar-refractivity contribution in [2.75, 3.05) is 12.9 Å². The quantitative estimate of drug-likeness (QED) is 0.815. The number of furan rings is 1. The second-order valence-corrected chi connectivity index (χ2v) is 6.55. The average molecular weight is 326 g/mol. The number of nitrogens with zero attached hydrogens (tertiary/aromatic N) is 1. The van der Waals surface area contributed by atoms with E-state index >= 15 is 0 Å². The number of aliphatic hydroxyl groups excluding tert-OH is 1. The third kappa shape index (κ3) is 4.33. The Hall–Kier alpha value is -1.31. The molecular formula is C14H18N2O3S2. The Labute approximate surface area is 131 Å². The van der Waals surface area contributed by atoms with Crippen LogP contribution in [0.15, 0.2) is 28.2 Å². The summed E-state index contributed by atoms with van der Waals surface area (Å²) in [6, 6.07) is 3.57. The molecule has 0 spiro atoms. The number of carbonyl (C=O) groups is 1. The molecule has 0 radical (unpaired) electrons. The summed E-state index contributed by atoms with van der Waals surface area (Å²) in [5.41, 5.74) is 0.723. The Bertz CT molecular complexity index is 565. The zero-order chi connectivity index (χ0) is 15.2. The third-order valence-corrected chi connectivity index (χ3v) is 5.12. The molecule has 7 heteroatoms. The van der Waals surface area contributed by atoms with Crippen LogP contribution >= 0.6 is 23.1 Å². The number of carbonyl (C=O) groups excluding carboxylic acids is 1. The molecular weight excluding hydrogens is 308 g/mol.